The van der Waals surface area contributed by atoms with Gasteiger partial charge in [0.05, 0.1) is 11.4 Å². The van der Waals surface area contributed by atoms with Crippen LogP contribution in [0.4, 0.5) is 0 Å². The molecule has 0 bridgehead atoms. The molecule has 1 amide bonds. The van der Waals surface area contributed by atoms with Crippen molar-refractivity contribution in [2.75, 3.05) is 0 Å². The lowest BCUT2D eigenvalue weighted by Crippen LogP contribution is -2.27. The zero-order valence-corrected chi connectivity index (χ0v) is 17.3. The highest BCUT2D eigenvalue weighted by Gasteiger charge is 2.31. The molecule has 0 radical (unpaired) electrons. The van der Waals surface area contributed by atoms with Crippen LogP contribution in [0.2, 0.25) is 0 Å². The SMILES string of the molecule is O=C1/C(=C/c2ccc(OCc3ccccc3)cc2)SC(=S)N1Cc1ccccc1. The number of amides is 1. The van der Waals surface area contributed by atoms with E-state index < -0.39 is 0 Å². The van der Waals surface area contributed by atoms with E-state index in [1.807, 2.05) is 91.0 Å². The Labute approximate surface area is 180 Å². The van der Waals surface area contributed by atoms with Crippen LogP contribution in [0.25, 0.3) is 6.08 Å². The van der Waals surface area contributed by atoms with Crippen LogP contribution in [0.3, 0.4) is 0 Å². The Morgan fingerprint density at radius 3 is 2.14 bits per heavy atom. The molecule has 3 aromatic rings. The lowest BCUT2D eigenvalue weighted by molar-refractivity contribution is -0.122. The van der Waals surface area contributed by atoms with Crippen LogP contribution in [0, 0.1) is 0 Å². The lowest BCUT2D eigenvalue weighted by Gasteiger charge is -2.14. The quantitative estimate of drug-likeness (QED) is 0.382. The van der Waals surface area contributed by atoms with E-state index in [1.54, 1.807) is 4.90 Å². The average Bonchev–Trinajstić information content (AvgIpc) is 3.02. The highest BCUT2D eigenvalue weighted by atomic mass is 32.2. The zero-order chi connectivity index (χ0) is 20.1. The van der Waals surface area contributed by atoms with Crippen molar-refractivity contribution >= 4 is 40.3 Å². The Hall–Kier alpha value is -2.89. The predicted octanol–water partition coefficient (Wildman–Crippen LogP) is 5.67. The van der Waals surface area contributed by atoms with Crippen molar-refractivity contribution in [3.8, 4) is 5.75 Å². The van der Waals surface area contributed by atoms with E-state index in [0.717, 1.165) is 22.4 Å². The first-order valence-electron chi connectivity index (χ1n) is 9.25. The number of rotatable bonds is 6. The van der Waals surface area contributed by atoms with Crippen LogP contribution < -0.4 is 4.74 Å². The Morgan fingerprint density at radius 1 is 0.862 bits per heavy atom. The van der Waals surface area contributed by atoms with Crippen LogP contribution in [0.5, 0.6) is 5.75 Å². The number of benzene rings is 3. The van der Waals surface area contributed by atoms with Crippen LogP contribution in [0.1, 0.15) is 16.7 Å². The number of thiocarbonyl (C=S) groups is 1. The number of ether oxygens (including phenoxy) is 1. The average molecular weight is 418 g/mol. The summed E-state index contributed by atoms with van der Waals surface area (Å²) in [7, 11) is 0. The van der Waals surface area contributed by atoms with Crippen molar-refractivity contribution in [1.29, 1.82) is 0 Å². The Bertz CT molecular complexity index is 1030. The maximum atomic E-state index is 12.8. The van der Waals surface area contributed by atoms with Crippen molar-refractivity contribution in [3.05, 3.63) is 107 Å². The van der Waals surface area contributed by atoms with Crippen LogP contribution in [-0.4, -0.2) is 15.1 Å². The molecular weight excluding hydrogens is 398 g/mol. The molecule has 1 fully saturated rings. The predicted molar refractivity (Wildman–Crippen MR) is 122 cm³/mol. The van der Waals surface area contributed by atoms with E-state index in [-0.39, 0.29) is 5.91 Å². The molecule has 29 heavy (non-hydrogen) atoms. The van der Waals surface area contributed by atoms with Crippen molar-refractivity contribution in [3.63, 3.8) is 0 Å². The minimum atomic E-state index is -0.0479. The molecule has 0 aromatic heterocycles. The van der Waals surface area contributed by atoms with Gasteiger partial charge in [0.1, 0.15) is 16.7 Å². The number of thioether (sulfide) groups is 1. The molecule has 5 heteroatoms. The number of hydrogen-bond donors (Lipinski definition) is 0. The van der Waals surface area contributed by atoms with Gasteiger partial charge in [-0.2, -0.15) is 0 Å². The van der Waals surface area contributed by atoms with Crippen molar-refractivity contribution in [2.24, 2.45) is 0 Å². The molecule has 1 saturated heterocycles. The van der Waals surface area contributed by atoms with Gasteiger partial charge in [-0.15, -0.1) is 0 Å². The zero-order valence-electron chi connectivity index (χ0n) is 15.7. The van der Waals surface area contributed by atoms with Gasteiger partial charge in [0.25, 0.3) is 5.91 Å². The summed E-state index contributed by atoms with van der Waals surface area (Å²) in [6.45, 7) is 1.02. The van der Waals surface area contributed by atoms with E-state index in [2.05, 4.69) is 0 Å². The third-order valence-corrected chi connectivity index (χ3v) is 5.86. The van der Waals surface area contributed by atoms with Crippen LogP contribution in [0.15, 0.2) is 89.8 Å². The van der Waals surface area contributed by atoms with Crippen molar-refractivity contribution < 1.29 is 9.53 Å². The Morgan fingerprint density at radius 2 is 1.48 bits per heavy atom. The second kappa shape index (κ2) is 9.07. The first-order valence-corrected chi connectivity index (χ1v) is 10.5. The van der Waals surface area contributed by atoms with Gasteiger partial charge in [0.2, 0.25) is 0 Å². The van der Waals surface area contributed by atoms with Gasteiger partial charge in [-0.25, -0.2) is 0 Å². The minimum Gasteiger partial charge on any atom is -0.489 e. The summed E-state index contributed by atoms with van der Waals surface area (Å²) in [5, 5.41) is 0. The summed E-state index contributed by atoms with van der Waals surface area (Å²) >= 11 is 6.76. The van der Waals surface area contributed by atoms with Gasteiger partial charge >= 0.3 is 0 Å². The van der Waals surface area contributed by atoms with Crippen LogP contribution >= 0.6 is 24.0 Å². The largest absolute Gasteiger partial charge is 0.489 e. The number of nitrogens with zero attached hydrogens (tertiary/aromatic N) is 1. The van der Waals surface area contributed by atoms with E-state index in [0.29, 0.717) is 22.4 Å². The van der Waals surface area contributed by atoms with Gasteiger partial charge in [-0.1, -0.05) is 96.8 Å². The maximum absolute atomic E-state index is 12.8. The molecule has 4 rings (SSSR count). The molecule has 0 spiro atoms. The lowest BCUT2D eigenvalue weighted by atomic mass is 10.2. The topological polar surface area (TPSA) is 29.5 Å². The molecule has 3 aromatic carbocycles. The van der Waals surface area contributed by atoms with Gasteiger partial charge in [0.15, 0.2) is 0 Å². The second-order valence-corrected chi connectivity index (χ2v) is 8.27. The number of carbonyl (C=O) groups is 1. The molecule has 1 aliphatic heterocycles. The number of carbonyl (C=O) groups excluding carboxylic acids is 1. The summed E-state index contributed by atoms with van der Waals surface area (Å²) in [6, 6.07) is 27.7. The highest BCUT2D eigenvalue weighted by Crippen LogP contribution is 2.33. The molecule has 0 saturated carbocycles. The van der Waals surface area contributed by atoms with Gasteiger partial charge in [0, 0.05) is 0 Å². The van der Waals surface area contributed by atoms with Gasteiger partial charge in [-0.3, -0.25) is 9.69 Å². The molecular formula is C24H19NO2S2. The molecule has 0 unspecified atom stereocenters. The number of hydrogen-bond acceptors (Lipinski definition) is 4. The van der Waals surface area contributed by atoms with E-state index in [1.165, 1.54) is 11.8 Å². The summed E-state index contributed by atoms with van der Waals surface area (Å²) in [4.78, 5) is 15.1. The fraction of sp³-hybridized carbons (Fsp3) is 0.0833. The van der Waals surface area contributed by atoms with Gasteiger partial charge in [-0.05, 0) is 34.9 Å². The molecule has 1 aliphatic rings. The second-order valence-electron chi connectivity index (χ2n) is 6.60. The molecule has 0 atom stereocenters. The molecule has 1 heterocycles. The van der Waals surface area contributed by atoms with Crippen molar-refractivity contribution in [1.82, 2.24) is 4.90 Å². The Balaban J connectivity index is 1.41. The Kier molecular flexibility index (Phi) is 6.08. The molecule has 0 aliphatic carbocycles. The minimum absolute atomic E-state index is 0.0479. The first-order chi connectivity index (χ1) is 14.2. The monoisotopic (exact) mass is 417 g/mol. The third kappa shape index (κ3) is 4.94. The fourth-order valence-electron chi connectivity index (χ4n) is 2.95. The summed E-state index contributed by atoms with van der Waals surface area (Å²) < 4.78 is 6.41. The highest BCUT2D eigenvalue weighted by molar-refractivity contribution is 8.26. The summed E-state index contributed by atoms with van der Waals surface area (Å²) in [5.41, 5.74) is 3.13. The maximum Gasteiger partial charge on any atom is 0.266 e. The molecule has 144 valence electrons. The molecule has 3 nitrogen and oxygen atoms in total. The van der Waals surface area contributed by atoms with Crippen molar-refractivity contribution in [2.45, 2.75) is 13.2 Å². The normalized spacial score (nSPS) is 15.2. The third-order valence-electron chi connectivity index (χ3n) is 4.48. The molecule has 0 N–H and O–H groups in total. The van der Waals surface area contributed by atoms with Crippen LogP contribution in [-0.2, 0) is 17.9 Å². The smallest absolute Gasteiger partial charge is 0.266 e. The van der Waals surface area contributed by atoms with Gasteiger partial charge < -0.3 is 4.74 Å². The van der Waals surface area contributed by atoms with E-state index >= 15 is 0 Å². The standard InChI is InChI=1S/C24H19NO2S2/c26-23-22(29-24(28)25(23)16-19-7-3-1-4-8-19)15-18-11-13-21(14-12-18)27-17-20-9-5-2-6-10-20/h1-15H,16-17H2/b22-15-. The summed E-state index contributed by atoms with van der Waals surface area (Å²) in [6.07, 6.45) is 1.88. The van der Waals surface area contributed by atoms with E-state index in [9.17, 15) is 4.79 Å². The summed E-state index contributed by atoms with van der Waals surface area (Å²) in [5.74, 6) is 0.746. The van der Waals surface area contributed by atoms with E-state index in [4.69, 9.17) is 17.0 Å². The fourth-order valence-corrected chi connectivity index (χ4v) is 4.21. The first kappa shape index (κ1) is 19.4.